The lowest BCUT2D eigenvalue weighted by Gasteiger charge is -2.34. The fourth-order valence-corrected chi connectivity index (χ4v) is 6.51. The van der Waals surface area contributed by atoms with Crippen LogP contribution in [0.5, 0.6) is 11.5 Å². The van der Waals surface area contributed by atoms with E-state index in [2.05, 4.69) is 15.6 Å². The van der Waals surface area contributed by atoms with Crippen molar-refractivity contribution in [1.82, 2.24) is 20.1 Å². The van der Waals surface area contributed by atoms with Crippen molar-refractivity contribution in [3.05, 3.63) is 70.7 Å². The highest BCUT2D eigenvalue weighted by atomic mass is 35.5. The van der Waals surface area contributed by atoms with Crippen LogP contribution in [-0.4, -0.2) is 72.4 Å². The third kappa shape index (κ3) is 5.50. The van der Waals surface area contributed by atoms with Gasteiger partial charge in [0.1, 0.15) is 21.2 Å². The van der Waals surface area contributed by atoms with E-state index in [0.29, 0.717) is 68.3 Å². The number of likely N-dealkylation sites (N-methyl/N-ethyl adjacent to an activating group) is 1. The first kappa shape index (κ1) is 28.0. The molecule has 0 aliphatic carbocycles. The first-order valence-corrected chi connectivity index (χ1v) is 14.8. The number of thiophene rings is 1. The Bertz CT molecular complexity index is 1680. The molecule has 10 nitrogen and oxygen atoms in total. The molecule has 0 spiro atoms. The molecular weight excluding hydrogens is 576 g/mol. The summed E-state index contributed by atoms with van der Waals surface area (Å²) >= 11 is 7.79. The van der Waals surface area contributed by atoms with Crippen LogP contribution in [0, 0.1) is 0 Å². The molecule has 0 radical (unpaired) electrons. The van der Waals surface area contributed by atoms with Crippen LogP contribution in [0.15, 0.2) is 60.8 Å². The molecule has 216 valence electrons. The predicted octanol–water partition coefficient (Wildman–Crippen LogP) is 5.71. The van der Waals surface area contributed by atoms with E-state index in [1.165, 1.54) is 16.2 Å². The van der Waals surface area contributed by atoms with Crippen molar-refractivity contribution in [1.29, 1.82) is 0 Å². The van der Waals surface area contributed by atoms with Gasteiger partial charge in [0.25, 0.3) is 5.91 Å². The summed E-state index contributed by atoms with van der Waals surface area (Å²) in [6, 6.07) is 15.6. The van der Waals surface area contributed by atoms with Gasteiger partial charge in [-0.25, -0.2) is 9.78 Å². The number of halogens is 1. The number of benzene rings is 2. The quantitative estimate of drug-likeness (QED) is 0.280. The van der Waals surface area contributed by atoms with Gasteiger partial charge in [-0.1, -0.05) is 29.8 Å². The molecule has 42 heavy (non-hydrogen) atoms. The molecule has 12 heteroatoms. The van der Waals surface area contributed by atoms with Crippen molar-refractivity contribution in [2.75, 3.05) is 43.9 Å². The van der Waals surface area contributed by atoms with Gasteiger partial charge in [-0.15, -0.1) is 11.3 Å². The second-order valence-electron chi connectivity index (χ2n) is 10.5. The number of rotatable bonds is 7. The maximum absolute atomic E-state index is 13.5. The summed E-state index contributed by atoms with van der Waals surface area (Å²) in [5.74, 6) is 0.847. The summed E-state index contributed by atoms with van der Waals surface area (Å²) in [6.07, 6.45) is 3.19. The first-order valence-electron chi connectivity index (χ1n) is 13.6. The number of carbonyl (C=O) groups is 3. The highest BCUT2D eigenvalue weighted by molar-refractivity contribution is 7.21. The smallest absolute Gasteiger partial charge is 0.331 e. The molecule has 4 aromatic rings. The third-order valence-electron chi connectivity index (χ3n) is 7.16. The second kappa shape index (κ2) is 11.6. The van der Waals surface area contributed by atoms with Gasteiger partial charge in [-0.2, -0.15) is 0 Å². The molecule has 1 atom stereocenters. The Kier molecular flexibility index (Phi) is 7.72. The number of carbonyl (C=O) groups excluding carboxylic acids is 3. The van der Waals surface area contributed by atoms with Gasteiger partial charge in [0, 0.05) is 25.3 Å². The van der Waals surface area contributed by atoms with Crippen molar-refractivity contribution in [2.45, 2.75) is 18.9 Å². The van der Waals surface area contributed by atoms with Gasteiger partial charge in [-0.05, 0) is 63.3 Å². The Morgan fingerprint density at radius 3 is 2.76 bits per heavy atom. The number of nitrogens with zero attached hydrogens (tertiary/aromatic N) is 4. The maximum atomic E-state index is 13.5. The second-order valence-corrected chi connectivity index (χ2v) is 11.9. The molecule has 1 fully saturated rings. The Morgan fingerprint density at radius 1 is 1.19 bits per heavy atom. The van der Waals surface area contributed by atoms with Gasteiger partial charge in [0.15, 0.2) is 0 Å². The molecule has 2 aliphatic rings. The monoisotopic (exact) mass is 604 g/mol. The molecule has 1 saturated heterocycles. The third-order valence-corrected chi connectivity index (χ3v) is 8.55. The SMILES string of the molecule is CN(C)CC(=O)N1CCCC(NC(=O)c2sc3nccc4c3c2NC(=O)N4c2ccc(Oc3ccccc3)c(Cl)c2)C1. The lowest BCUT2D eigenvalue weighted by Crippen LogP contribution is -2.51. The van der Waals surface area contributed by atoms with E-state index < -0.39 is 6.03 Å². The van der Waals surface area contributed by atoms with Crippen molar-refractivity contribution >= 4 is 68.1 Å². The zero-order chi connectivity index (χ0) is 29.4. The number of ether oxygens (including phenoxy) is 1. The number of piperidine rings is 1. The topological polar surface area (TPSA) is 107 Å². The molecular formula is C30H29ClN6O4S. The number of likely N-dealkylation sites (tertiary alicyclic amines) is 1. The number of nitrogens with one attached hydrogen (secondary N) is 2. The number of amides is 4. The lowest BCUT2D eigenvalue weighted by molar-refractivity contribution is -0.133. The number of hydrogen-bond acceptors (Lipinski definition) is 7. The number of pyridine rings is 1. The molecule has 0 bridgehead atoms. The molecule has 4 heterocycles. The van der Waals surface area contributed by atoms with E-state index in [0.717, 1.165) is 12.8 Å². The molecule has 1 unspecified atom stereocenters. The lowest BCUT2D eigenvalue weighted by atomic mass is 10.1. The van der Waals surface area contributed by atoms with E-state index in [4.69, 9.17) is 16.3 Å². The van der Waals surface area contributed by atoms with Gasteiger partial charge < -0.3 is 25.2 Å². The Morgan fingerprint density at radius 2 is 2.00 bits per heavy atom. The van der Waals surface area contributed by atoms with Crippen molar-refractivity contribution in [3.8, 4) is 11.5 Å². The summed E-state index contributed by atoms with van der Waals surface area (Å²) < 4.78 is 5.89. The summed E-state index contributed by atoms with van der Waals surface area (Å²) in [7, 11) is 3.71. The van der Waals surface area contributed by atoms with Gasteiger partial charge in [0.05, 0.1) is 34.0 Å². The van der Waals surface area contributed by atoms with Gasteiger partial charge >= 0.3 is 6.03 Å². The molecule has 2 aliphatic heterocycles. The molecule has 2 N–H and O–H groups in total. The summed E-state index contributed by atoms with van der Waals surface area (Å²) in [4.78, 5) is 50.2. The molecule has 2 aromatic heterocycles. The van der Waals surface area contributed by atoms with E-state index in [-0.39, 0.29) is 17.9 Å². The van der Waals surface area contributed by atoms with Gasteiger partial charge in [-0.3, -0.25) is 14.5 Å². The largest absolute Gasteiger partial charge is 0.456 e. The molecule has 4 amide bonds. The van der Waals surface area contributed by atoms with Crippen molar-refractivity contribution in [3.63, 3.8) is 0 Å². The number of hydrogen-bond donors (Lipinski definition) is 2. The fourth-order valence-electron chi connectivity index (χ4n) is 5.27. The number of para-hydroxylation sites is 1. The van der Waals surface area contributed by atoms with Crippen LogP contribution in [0.1, 0.15) is 22.5 Å². The van der Waals surface area contributed by atoms with E-state index in [1.807, 2.05) is 49.3 Å². The van der Waals surface area contributed by atoms with Crippen LogP contribution in [0.2, 0.25) is 5.02 Å². The van der Waals surface area contributed by atoms with Crippen LogP contribution in [-0.2, 0) is 4.79 Å². The molecule has 2 aromatic carbocycles. The van der Waals surface area contributed by atoms with E-state index in [9.17, 15) is 14.4 Å². The normalized spacial score (nSPS) is 16.5. The number of aromatic nitrogens is 1. The molecule has 0 saturated carbocycles. The Balaban J connectivity index is 1.25. The maximum Gasteiger partial charge on any atom is 0.331 e. The average Bonchev–Trinajstić information content (AvgIpc) is 3.34. The van der Waals surface area contributed by atoms with Crippen LogP contribution in [0.25, 0.3) is 10.2 Å². The zero-order valence-corrected chi connectivity index (χ0v) is 24.7. The summed E-state index contributed by atoms with van der Waals surface area (Å²) in [5, 5.41) is 7.02. The fraction of sp³-hybridized carbons (Fsp3) is 0.267. The van der Waals surface area contributed by atoms with Crippen molar-refractivity contribution in [2.24, 2.45) is 0 Å². The van der Waals surface area contributed by atoms with Crippen LogP contribution in [0.3, 0.4) is 0 Å². The zero-order valence-electron chi connectivity index (χ0n) is 23.1. The van der Waals surface area contributed by atoms with E-state index in [1.54, 1.807) is 35.4 Å². The minimum atomic E-state index is -0.423. The van der Waals surface area contributed by atoms with Gasteiger partial charge in [0.2, 0.25) is 5.91 Å². The van der Waals surface area contributed by atoms with Crippen LogP contribution >= 0.6 is 22.9 Å². The Labute approximate surface area is 251 Å². The predicted molar refractivity (Wildman–Crippen MR) is 164 cm³/mol. The first-order chi connectivity index (χ1) is 20.3. The highest BCUT2D eigenvalue weighted by Crippen LogP contribution is 2.46. The number of urea groups is 1. The highest BCUT2D eigenvalue weighted by Gasteiger charge is 2.34. The summed E-state index contributed by atoms with van der Waals surface area (Å²) in [5.41, 5.74) is 1.57. The van der Waals surface area contributed by atoms with E-state index >= 15 is 0 Å². The Hall–Kier alpha value is -4.19. The standard InChI is InChI=1S/C30H29ClN6O4S/c1-35(2)17-24(38)36-14-6-7-18(16-36)33-28(39)27-26-25-22(12-13-32-29(25)42-27)37(30(40)34-26)19-10-11-23(21(31)15-19)41-20-8-4-3-5-9-20/h3-5,8-13,15,18H,6-7,14,16-17H2,1-2H3,(H,33,39)(H,34,40). The van der Waals surface area contributed by atoms with Crippen molar-refractivity contribution < 1.29 is 19.1 Å². The summed E-state index contributed by atoms with van der Waals surface area (Å²) in [6.45, 7) is 1.45. The number of anilines is 3. The average molecular weight is 605 g/mol. The minimum Gasteiger partial charge on any atom is -0.456 e. The molecule has 6 rings (SSSR count). The van der Waals surface area contributed by atoms with Crippen LogP contribution < -0.4 is 20.3 Å². The minimum absolute atomic E-state index is 0.0388. The van der Waals surface area contributed by atoms with Crippen LogP contribution in [0.4, 0.5) is 21.9 Å².